The van der Waals surface area contributed by atoms with Crippen LogP contribution in [0.1, 0.15) is 45.4 Å². The molecule has 0 aromatic rings. The molecule has 18 heteroatoms. The first-order valence-electron chi connectivity index (χ1n) is 8.96. The first-order valence-corrected chi connectivity index (χ1v) is 8.96. The smallest absolute Gasteiger partial charge is 0.388 e. The number of carbonyl (C=O) groups excluding carboxylic acids is 2. The van der Waals surface area contributed by atoms with Crippen LogP contribution in [0.2, 0.25) is 0 Å². The van der Waals surface area contributed by atoms with E-state index in [1.807, 2.05) is 0 Å². The molecule has 0 spiro atoms. The molecular formula is C16H15F15O3. The summed E-state index contributed by atoms with van der Waals surface area (Å²) in [5.74, 6) is -54.8. The zero-order valence-corrected chi connectivity index (χ0v) is 16.6. The van der Waals surface area contributed by atoms with E-state index in [-0.39, 0.29) is 12.8 Å². The summed E-state index contributed by atoms with van der Waals surface area (Å²) < 4.78 is 198. The van der Waals surface area contributed by atoms with Gasteiger partial charge in [-0.3, -0.25) is 4.79 Å². The fourth-order valence-electron chi connectivity index (χ4n) is 2.19. The van der Waals surface area contributed by atoms with Crippen LogP contribution in [0.3, 0.4) is 0 Å². The second-order valence-corrected chi connectivity index (χ2v) is 6.87. The van der Waals surface area contributed by atoms with Gasteiger partial charge in [0.2, 0.25) is 0 Å². The molecule has 0 radical (unpaired) electrons. The van der Waals surface area contributed by atoms with Crippen LogP contribution in [-0.2, 0) is 14.3 Å². The molecule has 0 unspecified atom stereocenters. The number of unbranched alkanes of at least 4 members (excludes halogenated alkanes) is 4. The van der Waals surface area contributed by atoms with E-state index in [2.05, 4.69) is 4.74 Å². The van der Waals surface area contributed by atoms with Crippen molar-refractivity contribution < 1.29 is 80.2 Å². The zero-order chi connectivity index (χ0) is 27.6. The largest absolute Gasteiger partial charge is 0.460 e. The van der Waals surface area contributed by atoms with E-state index >= 15 is 0 Å². The molecule has 0 atom stereocenters. The third-order valence-electron chi connectivity index (χ3n) is 4.28. The van der Waals surface area contributed by atoms with Gasteiger partial charge in [-0.2, -0.15) is 65.9 Å². The predicted octanol–water partition coefficient (Wildman–Crippen LogP) is 6.79. The van der Waals surface area contributed by atoms with Crippen molar-refractivity contribution >= 4 is 11.9 Å². The Morgan fingerprint density at radius 3 is 1.35 bits per heavy atom. The minimum atomic E-state index is -8.52. The minimum Gasteiger partial charge on any atom is -0.388 e. The number of hydrogen-bond acceptors (Lipinski definition) is 3. The minimum absolute atomic E-state index is 0.205. The maximum atomic E-state index is 13.5. The summed E-state index contributed by atoms with van der Waals surface area (Å²) in [4.78, 5) is 22.3. The van der Waals surface area contributed by atoms with Crippen molar-refractivity contribution in [1.82, 2.24) is 0 Å². The van der Waals surface area contributed by atoms with E-state index in [1.165, 1.54) is 0 Å². The van der Waals surface area contributed by atoms with Crippen molar-refractivity contribution in [2.45, 2.75) is 87.2 Å². The molecule has 0 saturated heterocycles. The van der Waals surface area contributed by atoms with Gasteiger partial charge in [0, 0.05) is 6.42 Å². The molecule has 0 aromatic heterocycles. The van der Waals surface area contributed by atoms with Crippen molar-refractivity contribution in [2.24, 2.45) is 0 Å². The quantitative estimate of drug-likeness (QED) is 0.119. The highest BCUT2D eigenvalue weighted by Crippen LogP contribution is 2.62. The summed E-state index contributed by atoms with van der Waals surface area (Å²) in [5.41, 5.74) is 0. The van der Waals surface area contributed by atoms with Gasteiger partial charge < -0.3 is 4.74 Å². The number of alkyl halides is 15. The van der Waals surface area contributed by atoms with Gasteiger partial charge in [-0.1, -0.05) is 32.6 Å². The average Bonchev–Trinajstić information content (AvgIpc) is 2.65. The van der Waals surface area contributed by atoms with Crippen LogP contribution in [0.4, 0.5) is 65.9 Å². The second-order valence-electron chi connectivity index (χ2n) is 6.87. The zero-order valence-electron chi connectivity index (χ0n) is 16.6. The molecule has 0 aliphatic carbocycles. The molecule has 0 saturated carbocycles. The van der Waals surface area contributed by atoms with Crippen LogP contribution >= 0.6 is 0 Å². The fourth-order valence-corrected chi connectivity index (χ4v) is 2.19. The topological polar surface area (TPSA) is 43.4 Å². The van der Waals surface area contributed by atoms with Gasteiger partial charge in [-0.15, -0.1) is 0 Å². The van der Waals surface area contributed by atoms with Crippen molar-refractivity contribution in [2.75, 3.05) is 0 Å². The Bertz CT molecular complexity index is 728. The lowest BCUT2D eigenvalue weighted by atomic mass is 9.91. The van der Waals surface area contributed by atoms with Gasteiger partial charge >= 0.3 is 53.7 Å². The lowest BCUT2D eigenvalue weighted by molar-refractivity contribution is -0.450. The third kappa shape index (κ3) is 5.33. The molecule has 34 heavy (non-hydrogen) atoms. The molecule has 0 amide bonds. The molecule has 0 aliphatic heterocycles. The molecule has 0 heterocycles. The Labute approximate surface area is 180 Å². The van der Waals surface area contributed by atoms with Gasteiger partial charge in [0.25, 0.3) is 0 Å². The molecule has 0 rings (SSSR count). The monoisotopic (exact) mass is 540 g/mol. The average molecular weight is 540 g/mol. The highest BCUT2D eigenvalue weighted by atomic mass is 19.4. The summed E-state index contributed by atoms with van der Waals surface area (Å²) in [6.45, 7) is 1.76. The van der Waals surface area contributed by atoms with E-state index in [4.69, 9.17) is 0 Å². The number of carbonyl (C=O) groups is 2. The molecular weight excluding hydrogens is 525 g/mol. The Kier molecular flexibility index (Phi) is 9.43. The fraction of sp³-hybridized carbons (Fsp3) is 0.875. The summed E-state index contributed by atoms with van der Waals surface area (Å²) >= 11 is 0. The molecule has 0 aromatic carbocycles. The number of ether oxygens (including phenoxy) is 1. The van der Waals surface area contributed by atoms with Crippen molar-refractivity contribution in [3.8, 4) is 0 Å². The van der Waals surface area contributed by atoms with Crippen LogP contribution in [0.5, 0.6) is 0 Å². The van der Waals surface area contributed by atoms with Crippen LogP contribution in [0.15, 0.2) is 0 Å². The van der Waals surface area contributed by atoms with E-state index in [0.717, 1.165) is 0 Å². The standard InChI is InChI=1S/C16H15F15O3/c1-2-3-4-5-6-7-8(32)34-9(33)10(17,18)11(19,20)12(21,22)13(23,24)14(25,26)15(27,28)16(29,30)31/h2-7H2,1H3. The maximum Gasteiger partial charge on any atom is 0.460 e. The van der Waals surface area contributed by atoms with Crippen molar-refractivity contribution in [1.29, 1.82) is 0 Å². The Balaban J connectivity index is 5.95. The highest BCUT2D eigenvalue weighted by Gasteiger charge is 2.94. The summed E-state index contributed by atoms with van der Waals surface area (Å²) in [6.07, 6.45) is -6.89. The lowest BCUT2D eigenvalue weighted by Gasteiger charge is -2.40. The van der Waals surface area contributed by atoms with Gasteiger partial charge in [0.15, 0.2) is 0 Å². The summed E-state index contributed by atoms with van der Waals surface area (Å²) in [5, 5.41) is 0. The Hall–Kier alpha value is -1.91. The molecule has 0 fully saturated rings. The number of hydrogen-bond donors (Lipinski definition) is 0. The van der Waals surface area contributed by atoms with Crippen LogP contribution < -0.4 is 0 Å². The molecule has 0 bridgehead atoms. The van der Waals surface area contributed by atoms with Gasteiger partial charge in [-0.05, 0) is 6.42 Å². The number of halogens is 15. The van der Waals surface area contributed by atoms with Crippen LogP contribution in [0.25, 0.3) is 0 Å². The highest BCUT2D eigenvalue weighted by molar-refractivity contribution is 5.90. The van der Waals surface area contributed by atoms with Gasteiger partial charge in [0.1, 0.15) is 0 Å². The van der Waals surface area contributed by atoms with Crippen LogP contribution in [0, 0.1) is 0 Å². The first kappa shape index (κ1) is 32.1. The molecule has 202 valence electrons. The number of esters is 2. The van der Waals surface area contributed by atoms with Crippen LogP contribution in [-0.4, -0.2) is 53.7 Å². The normalized spacial score (nSPS) is 14.8. The third-order valence-corrected chi connectivity index (χ3v) is 4.28. The van der Waals surface area contributed by atoms with Crippen molar-refractivity contribution in [3.05, 3.63) is 0 Å². The van der Waals surface area contributed by atoms with E-state index in [1.54, 1.807) is 6.92 Å². The molecule has 0 N–H and O–H groups in total. The van der Waals surface area contributed by atoms with E-state index in [9.17, 15) is 75.4 Å². The molecule has 3 nitrogen and oxygen atoms in total. The SMILES string of the molecule is CCCCCCCC(=O)OC(=O)C(F)(F)C(F)(F)C(F)(F)C(F)(F)C(F)(F)C(F)(F)C(F)(F)F. The Morgan fingerprint density at radius 1 is 0.559 bits per heavy atom. The Morgan fingerprint density at radius 2 is 0.941 bits per heavy atom. The lowest BCUT2D eigenvalue weighted by Crippen LogP contribution is -2.73. The summed E-state index contributed by atoms with van der Waals surface area (Å²) in [6, 6.07) is 0. The maximum absolute atomic E-state index is 13.5. The van der Waals surface area contributed by atoms with Gasteiger partial charge in [-0.25, -0.2) is 4.79 Å². The predicted molar refractivity (Wildman–Crippen MR) is 80.2 cm³/mol. The van der Waals surface area contributed by atoms with Crippen molar-refractivity contribution in [3.63, 3.8) is 0 Å². The molecule has 0 aliphatic rings. The van der Waals surface area contributed by atoms with Gasteiger partial charge in [0.05, 0.1) is 0 Å². The van der Waals surface area contributed by atoms with E-state index in [0.29, 0.717) is 19.3 Å². The second kappa shape index (κ2) is 9.99. The number of rotatable bonds is 12. The summed E-state index contributed by atoms with van der Waals surface area (Å²) in [7, 11) is 0. The van der Waals surface area contributed by atoms with E-state index < -0.39 is 60.1 Å². The first-order chi connectivity index (χ1) is 14.9.